The Morgan fingerprint density at radius 3 is 1.94 bits per heavy atom. The van der Waals surface area contributed by atoms with Crippen molar-refractivity contribution in [3.63, 3.8) is 0 Å². The smallest absolute Gasteiger partial charge is 0.0242 e. The van der Waals surface area contributed by atoms with E-state index in [4.69, 9.17) is 0 Å². The zero-order chi connectivity index (χ0) is 11.0. The van der Waals surface area contributed by atoms with Crippen LogP contribution in [-0.2, 0) is 12.8 Å². The van der Waals surface area contributed by atoms with Crippen LogP contribution < -0.4 is 0 Å². The van der Waals surface area contributed by atoms with Crippen molar-refractivity contribution in [1.29, 1.82) is 0 Å². The molecule has 0 bridgehead atoms. The third kappa shape index (κ3) is 1.90. The number of hydrogen-bond donors (Lipinski definition) is 0. The molecular weight excluding hydrogens is 192 g/mol. The summed E-state index contributed by atoms with van der Waals surface area (Å²) in [7, 11) is 0. The Morgan fingerprint density at radius 1 is 0.812 bits per heavy atom. The minimum absolute atomic E-state index is 0.963. The maximum atomic E-state index is 2.42. The average molecular weight is 214 g/mol. The molecule has 3 rings (SSSR count). The molecule has 1 fully saturated rings. The summed E-state index contributed by atoms with van der Waals surface area (Å²) in [6.45, 7) is 2.42. The molecule has 0 nitrogen and oxygen atoms in total. The molecule has 1 saturated carbocycles. The molecule has 1 aromatic carbocycles. The summed E-state index contributed by atoms with van der Waals surface area (Å²) in [6, 6.07) is 9.07. The molecule has 16 heavy (non-hydrogen) atoms. The van der Waals surface area contributed by atoms with Gasteiger partial charge in [0.05, 0.1) is 0 Å². The zero-order valence-electron chi connectivity index (χ0n) is 10.3. The third-order valence-corrected chi connectivity index (χ3v) is 4.81. The highest BCUT2D eigenvalue weighted by molar-refractivity contribution is 5.32. The van der Waals surface area contributed by atoms with E-state index in [1.165, 1.54) is 38.5 Å². The van der Waals surface area contributed by atoms with Crippen LogP contribution in [0.4, 0.5) is 0 Å². The maximum absolute atomic E-state index is 2.42. The van der Waals surface area contributed by atoms with E-state index in [9.17, 15) is 0 Å². The van der Waals surface area contributed by atoms with Crippen LogP contribution in [0.2, 0.25) is 0 Å². The van der Waals surface area contributed by atoms with Crippen LogP contribution in [0.1, 0.15) is 43.7 Å². The predicted molar refractivity (Wildman–Crippen MR) is 68.5 cm³/mol. The fraction of sp³-hybridized carbons (Fsp3) is 0.625. The lowest BCUT2D eigenvalue weighted by Crippen LogP contribution is -2.21. The van der Waals surface area contributed by atoms with Gasteiger partial charge in [-0.05, 0) is 54.6 Å². The van der Waals surface area contributed by atoms with Crippen molar-refractivity contribution in [2.24, 2.45) is 17.8 Å². The molecule has 0 unspecified atom stereocenters. The van der Waals surface area contributed by atoms with Crippen LogP contribution in [0.5, 0.6) is 0 Å². The first-order valence-corrected chi connectivity index (χ1v) is 6.89. The van der Waals surface area contributed by atoms with Gasteiger partial charge in [-0.3, -0.25) is 0 Å². The highest BCUT2D eigenvalue weighted by Crippen LogP contribution is 2.39. The fourth-order valence-corrected chi connectivity index (χ4v) is 3.68. The van der Waals surface area contributed by atoms with Crippen molar-refractivity contribution in [3.8, 4) is 0 Å². The van der Waals surface area contributed by atoms with Crippen molar-refractivity contribution in [2.75, 3.05) is 0 Å². The molecule has 0 aromatic heterocycles. The average Bonchev–Trinajstić information content (AvgIpc) is 2.73. The van der Waals surface area contributed by atoms with E-state index in [-0.39, 0.29) is 0 Å². The minimum Gasteiger partial charge on any atom is -0.0625 e. The Balaban J connectivity index is 1.67. The number of hydrogen-bond acceptors (Lipinski definition) is 0. The van der Waals surface area contributed by atoms with E-state index in [1.807, 2.05) is 0 Å². The quantitative estimate of drug-likeness (QED) is 0.656. The van der Waals surface area contributed by atoms with E-state index >= 15 is 0 Å². The van der Waals surface area contributed by atoms with Crippen molar-refractivity contribution in [1.82, 2.24) is 0 Å². The second kappa shape index (κ2) is 4.24. The van der Waals surface area contributed by atoms with E-state index in [0.717, 1.165) is 17.8 Å². The Labute approximate surface area is 99.1 Å². The molecule has 1 aromatic rings. The Kier molecular flexibility index (Phi) is 2.75. The summed E-state index contributed by atoms with van der Waals surface area (Å²) in [6.07, 6.45) is 8.62. The van der Waals surface area contributed by atoms with Crippen molar-refractivity contribution in [2.45, 2.75) is 45.4 Å². The first kappa shape index (κ1) is 10.4. The first-order valence-electron chi connectivity index (χ1n) is 6.89. The molecule has 0 amide bonds. The van der Waals surface area contributed by atoms with Crippen LogP contribution >= 0.6 is 0 Å². The largest absolute Gasteiger partial charge is 0.0625 e. The minimum atomic E-state index is 0.963. The van der Waals surface area contributed by atoms with Gasteiger partial charge in [0.2, 0.25) is 0 Å². The monoisotopic (exact) mass is 214 g/mol. The molecule has 0 heteroatoms. The molecule has 0 N–H and O–H groups in total. The van der Waals surface area contributed by atoms with Crippen LogP contribution in [-0.4, -0.2) is 0 Å². The second-order valence-corrected chi connectivity index (χ2v) is 5.96. The molecule has 0 saturated heterocycles. The van der Waals surface area contributed by atoms with Crippen LogP contribution in [0.3, 0.4) is 0 Å². The maximum Gasteiger partial charge on any atom is -0.0242 e. The number of fused-ring (bicyclic) bond motifs is 1. The van der Waals surface area contributed by atoms with Gasteiger partial charge < -0.3 is 0 Å². The summed E-state index contributed by atoms with van der Waals surface area (Å²) < 4.78 is 0. The van der Waals surface area contributed by atoms with Gasteiger partial charge in [-0.15, -0.1) is 0 Å². The molecule has 86 valence electrons. The topological polar surface area (TPSA) is 0 Å². The first-order chi connectivity index (χ1) is 7.83. The number of benzene rings is 1. The second-order valence-electron chi connectivity index (χ2n) is 5.96. The third-order valence-electron chi connectivity index (χ3n) is 4.81. The molecular formula is C16H22. The Morgan fingerprint density at radius 2 is 1.38 bits per heavy atom. The zero-order valence-corrected chi connectivity index (χ0v) is 10.3. The summed E-state index contributed by atoms with van der Waals surface area (Å²) >= 11 is 0. The molecule has 2 aliphatic rings. The van der Waals surface area contributed by atoms with E-state index in [2.05, 4.69) is 31.2 Å². The highest BCUT2D eigenvalue weighted by atomic mass is 14.3. The molecule has 0 aliphatic heterocycles. The van der Waals surface area contributed by atoms with Gasteiger partial charge in [-0.25, -0.2) is 0 Å². The number of rotatable bonds is 1. The Hall–Kier alpha value is -0.780. The van der Waals surface area contributed by atoms with Gasteiger partial charge in [-0.2, -0.15) is 0 Å². The van der Waals surface area contributed by atoms with Gasteiger partial charge in [0, 0.05) is 0 Å². The predicted octanol–water partition coefficient (Wildman–Crippen LogP) is 4.23. The fourth-order valence-electron chi connectivity index (χ4n) is 3.68. The normalized spacial score (nSPS) is 30.3. The van der Waals surface area contributed by atoms with Crippen molar-refractivity contribution < 1.29 is 0 Å². The standard InChI is InChI=1S/C16H22/c1-12-6-8-13(9-7-12)16-10-14-4-2-3-5-15(14)11-16/h2-5,12-13,16H,6-11H2,1H3. The van der Waals surface area contributed by atoms with Gasteiger partial charge in [0.1, 0.15) is 0 Å². The lowest BCUT2D eigenvalue weighted by Gasteiger charge is -2.30. The Bertz CT molecular complexity index is 333. The molecule has 2 aliphatic carbocycles. The summed E-state index contributed by atoms with van der Waals surface area (Å²) in [5.41, 5.74) is 3.26. The molecule has 0 heterocycles. The van der Waals surface area contributed by atoms with Crippen molar-refractivity contribution in [3.05, 3.63) is 35.4 Å². The van der Waals surface area contributed by atoms with Crippen molar-refractivity contribution >= 4 is 0 Å². The van der Waals surface area contributed by atoms with Crippen LogP contribution in [0, 0.1) is 17.8 Å². The highest BCUT2D eigenvalue weighted by Gasteiger charge is 2.30. The summed E-state index contributed by atoms with van der Waals surface area (Å²) in [4.78, 5) is 0. The van der Waals surface area contributed by atoms with Crippen LogP contribution in [0.15, 0.2) is 24.3 Å². The molecule has 0 atom stereocenters. The molecule has 0 spiro atoms. The summed E-state index contributed by atoms with van der Waals surface area (Å²) in [5.74, 6) is 2.97. The van der Waals surface area contributed by atoms with Gasteiger partial charge in [0.15, 0.2) is 0 Å². The van der Waals surface area contributed by atoms with E-state index < -0.39 is 0 Å². The van der Waals surface area contributed by atoms with Gasteiger partial charge in [0.25, 0.3) is 0 Å². The van der Waals surface area contributed by atoms with Crippen LogP contribution in [0.25, 0.3) is 0 Å². The molecule has 0 radical (unpaired) electrons. The van der Waals surface area contributed by atoms with Gasteiger partial charge >= 0.3 is 0 Å². The SMILES string of the molecule is CC1CCC(C2Cc3ccccc3C2)CC1. The van der Waals surface area contributed by atoms with E-state index in [1.54, 1.807) is 11.1 Å². The summed E-state index contributed by atoms with van der Waals surface area (Å²) in [5, 5.41) is 0. The van der Waals surface area contributed by atoms with Gasteiger partial charge in [-0.1, -0.05) is 44.0 Å². The lowest BCUT2D eigenvalue weighted by atomic mass is 9.75. The lowest BCUT2D eigenvalue weighted by molar-refractivity contribution is 0.217. The van der Waals surface area contributed by atoms with E-state index in [0.29, 0.717) is 0 Å².